The highest BCUT2D eigenvalue weighted by atomic mass is 32.2. The first kappa shape index (κ1) is 14.9. The largest absolute Gasteiger partial charge is 0.364 e. The number of nitrogens with zero attached hydrogens (tertiary/aromatic N) is 3. The van der Waals surface area contributed by atoms with Crippen LogP contribution in [-0.2, 0) is 0 Å². The molecule has 18 heavy (non-hydrogen) atoms. The van der Waals surface area contributed by atoms with Gasteiger partial charge in [-0.1, -0.05) is 24.0 Å². The standard InChI is InChI=1S/C11H16N4OS2/c1-8(16)10-5-4-9(6-13-10)15(12)7-18-11(17)14(2)3/h4-6H,7,12H2,1-3H3. The number of anilines is 1. The number of pyridine rings is 1. The average Bonchev–Trinajstić information content (AvgIpc) is 2.35. The molecule has 0 saturated heterocycles. The van der Waals surface area contributed by atoms with Gasteiger partial charge in [-0.05, 0) is 12.1 Å². The zero-order valence-electron chi connectivity index (χ0n) is 10.6. The molecule has 0 spiro atoms. The Morgan fingerprint density at radius 3 is 2.61 bits per heavy atom. The lowest BCUT2D eigenvalue weighted by molar-refractivity contribution is 0.101. The molecule has 0 unspecified atom stereocenters. The molecule has 0 aliphatic rings. The second-order valence-corrected chi connectivity index (χ2v) is 5.44. The molecule has 0 bridgehead atoms. The zero-order valence-corrected chi connectivity index (χ0v) is 12.2. The first-order valence-corrected chi connectivity index (χ1v) is 6.64. The molecule has 0 atom stereocenters. The highest BCUT2D eigenvalue weighted by Gasteiger charge is 2.07. The number of carbonyl (C=O) groups excluding carboxylic acids is 1. The van der Waals surface area contributed by atoms with Crippen LogP contribution in [0.3, 0.4) is 0 Å². The van der Waals surface area contributed by atoms with E-state index in [0.717, 1.165) is 10.0 Å². The fourth-order valence-corrected chi connectivity index (χ4v) is 1.91. The van der Waals surface area contributed by atoms with E-state index in [9.17, 15) is 4.79 Å². The van der Waals surface area contributed by atoms with Crippen LogP contribution in [0.15, 0.2) is 18.3 Å². The summed E-state index contributed by atoms with van der Waals surface area (Å²) in [6.45, 7) is 1.48. The molecule has 0 fully saturated rings. The van der Waals surface area contributed by atoms with Gasteiger partial charge in [-0.15, -0.1) is 0 Å². The van der Waals surface area contributed by atoms with Gasteiger partial charge in [0.1, 0.15) is 10.0 Å². The van der Waals surface area contributed by atoms with E-state index in [-0.39, 0.29) is 5.78 Å². The van der Waals surface area contributed by atoms with Crippen LogP contribution in [0.5, 0.6) is 0 Å². The number of ketones is 1. The van der Waals surface area contributed by atoms with E-state index in [2.05, 4.69) is 4.98 Å². The summed E-state index contributed by atoms with van der Waals surface area (Å²) in [6, 6.07) is 3.43. The van der Waals surface area contributed by atoms with Crippen LogP contribution < -0.4 is 10.9 Å². The van der Waals surface area contributed by atoms with Crippen LogP contribution in [0.2, 0.25) is 0 Å². The number of hydrazine groups is 1. The summed E-state index contributed by atoms with van der Waals surface area (Å²) in [5.74, 6) is 6.34. The number of hydrogen-bond donors (Lipinski definition) is 1. The Bertz CT molecular complexity index is 433. The summed E-state index contributed by atoms with van der Waals surface area (Å²) in [4.78, 5) is 17.0. The molecule has 1 rings (SSSR count). The quantitative estimate of drug-likeness (QED) is 0.295. The molecule has 0 aliphatic heterocycles. The Hall–Kier alpha value is -1.18. The van der Waals surface area contributed by atoms with Crippen LogP contribution in [0.4, 0.5) is 5.69 Å². The number of carbonyl (C=O) groups is 1. The molecule has 7 heteroatoms. The van der Waals surface area contributed by atoms with Crippen molar-refractivity contribution in [2.45, 2.75) is 6.92 Å². The zero-order chi connectivity index (χ0) is 13.7. The van der Waals surface area contributed by atoms with Gasteiger partial charge in [0.15, 0.2) is 5.78 Å². The molecule has 5 nitrogen and oxygen atoms in total. The highest BCUT2D eigenvalue weighted by Crippen LogP contribution is 2.15. The molecule has 1 aromatic rings. The van der Waals surface area contributed by atoms with Gasteiger partial charge in [0.25, 0.3) is 0 Å². The minimum atomic E-state index is -0.0618. The predicted molar refractivity (Wildman–Crippen MR) is 79.7 cm³/mol. The summed E-state index contributed by atoms with van der Waals surface area (Å²) in [5.41, 5.74) is 1.18. The fourth-order valence-electron chi connectivity index (χ4n) is 1.09. The van der Waals surface area contributed by atoms with E-state index < -0.39 is 0 Å². The lowest BCUT2D eigenvalue weighted by Crippen LogP contribution is -2.32. The van der Waals surface area contributed by atoms with Gasteiger partial charge in [-0.25, -0.2) is 5.84 Å². The smallest absolute Gasteiger partial charge is 0.178 e. The van der Waals surface area contributed by atoms with Crippen molar-refractivity contribution in [1.29, 1.82) is 0 Å². The molecule has 0 saturated carbocycles. The number of rotatable bonds is 4. The summed E-state index contributed by atoms with van der Waals surface area (Å²) in [6.07, 6.45) is 1.58. The molecule has 98 valence electrons. The van der Waals surface area contributed by atoms with Crippen LogP contribution in [0.25, 0.3) is 0 Å². The van der Waals surface area contributed by atoms with Crippen molar-refractivity contribution in [3.05, 3.63) is 24.0 Å². The van der Waals surface area contributed by atoms with Gasteiger partial charge in [0.2, 0.25) is 0 Å². The predicted octanol–water partition coefficient (Wildman–Crippen LogP) is 1.50. The van der Waals surface area contributed by atoms with E-state index in [0.29, 0.717) is 11.6 Å². The summed E-state index contributed by atoms with van der Waals surface area (Å²) >= 11 is 6.61. The van der Waals surface area contributed by atoms with Gasteiger partial charge in [-0.3, -0.25) is 14.8 Å². The maximum Gasteiger partial charge on any atom is 0.178 e. The van der Waals surface area contributed by atoms with Gasteiger partial charge >= 0.3 is 0 Å². The molecule has 2 N–H and O–H groups in total. The number of aromatic nitrogens is 1. The maximum atomic E-state index is 11.1. The molecular weight excluding hydrogens is 268 g/mol. The Morgan fingerprint density at radius 2 is 2.17 bits per heavy atom. The van der Waals surface area contributed by atoms with Gasteiger partial charge < -0.3 is 4.90 Å². The van der Waals surface area contributed by atoms with Crippen molar-refractivity contribution in [2.75, 3.05) is 25.0 Å². The van der Waals surface area contributed by atoms with Crippen LogP contribution in [0, 0.1) is 0 Å². The van der Waals surface area contributed by atoms with E-state index >= 15 is 0 Å². The van der Waals surface area contributed by atoms with Crippen molar-refractivity contribution < 1.29 is 4.79 Å². The molecule has 1 heterocycles. The first-order valence-electron chi connectivity index (χ1n) is 5.25. The Kier molecular flexibility index (Phi) is 5.52. The van der Waals surface area contributed by atoms with Crippen LogP contribution >= 0.6 is 24.0 Å². The number of hydrogen-bond acceptors (Lipinski definition) is 6. The normalized spacial score (nSPS) is 10.0. The number of nitrogens with two attached hydrogens (primary N) is 1. The van der Waals surface area contributed by atoms with E-state index in [4.69, 9.17) is 18.1 Å². The Labute approximate surface area is 116 Å². The third kappa shape index (κ3) is 4.25. The van der Waals surface area contributed by atoms with Crippen molar-refractivity contribution >= 4 is 39.8 Å². The molecule has 0 amide bonds. The number of Topliss-reactive ketones (excluding diaryl/α,β-unsaturated/α-hetero) is 1. The second-order valence-electron chi connectivity index (χ2n) is 3.86. The first-order chi connectivity index (χ1) is 8.41. The van der Waals surface area contributed by atoms with Crippen LogP contribution in [-0.4, -0.2) is 40.0 Å². The van der Waals surface area contributed by atoms with Crippen molar-refractivity contribution in [2.24, 2.45) is 5.84 Å². The second kappa shape index (κ2) is 6.67. The molecule has 0 aliphatic carbocycles. The summed E-state index contributed by atoms with van der Waals surface area (Å²) in [7, 11) is 3.78. The SMILES string of the molecule is CC(=O)c1ccc(N(N)CSC(=S)N(C)C)cn1. The van der Waals surface area contributed by atoms with Gasteiger partial charge in [0.05, 0.1) is 17.8 Å². The van der Waals surface area contributed by atoms with Crippen molar-refractivity contribution in [1.82, 2.24) is 9.88 Å². The Morgan fingerprint density at radius 1 is 1.50 bits per heavy atom. The monoisotopic (exact) mass is 284 g/mol. The minimum absolute atomic E-state index is 0.0618. The highest BCUT2D eigenvalue weighted by molar-refractivity contribution is 8.22. The third-order valence-electron chi connectivity index (χ3n) is 2.13. The molecule has 0 aromatic carbocycles. The summed E-state index contributed by atoms with van der Waals surface area (Å²) < 4.78 is 0.763. The molecule has 0 radical (unpaired) electrons. The fraction of sp³-hybridized carbons (Fsp3) is 0.364. The van der Waals surface area contributed by atoms with Crippen molar-refractivity contribution in [3.8, 4) is 0 Å². The number of thioether (sulfide) groups is 1. The Balaban J connectivity index is 2.59. The topological polar surface area (TPSA) is 62.5 Å². The van der Waals surface area contributed by atoms with Crippen molar-refractivity contribution in [3.63, 3.8) is 0 Å². The molecule has 1 aromatic heterocycles. The lowest BCUT2D eigenvalue weighted by Gasteiger charge is -2.20. The third-order valence-corrected chi connectivity index (χ3v) is 3.87. The van der Waals surface area contributed by atoms with Gasteiger partial charge in [0, 0.05) is 21.0 Å². The average molecular weight is 284 g/mol. The summed E-state index contributed by atoms with van der Waals surface area (Å²) in [5, 5.41) is 1.54. The van der Waals surface area contributed by atoms with E-state index in [1.165, 1.54) is 23.7 Å². The molecular formula is C11H16N4OS2. The lowest BCUT2D eigenvalue weighted by atomic mass is 10.2. The maximum absolute atomic E-state index is 11.1. The van der Waals surface area contributed by atoms with Crippen LogP contribution in [0.1, 0.15) is 17.4 Å². The van der Waals surface area contributed by atoms with E-state index in [1.54, 1.807) is 18.3 Å². The minimum Gasteiger partial charge on any atom is -0.364 e. The van der Waals surface area contributed by atoms with E-state index in [1.807, 2.05) is 19.0 Å². The number of thiocarbonyl (C=S) groups is 1. The van der Waals surface area contributed by atoms with Gasteiger partial charge in [-0.2, -0.15) is 0 Å².